The third-order valence-electron chi connectivity index (χ3n) is 3.19. The Balaban J connectivity index is 0.00000120. The van der Waals surface area contributed by atoms with E-state index in [1.54, 1.807) is 14.2 Å². The first-order valence-electron chi connectivity index (χ1n) is 5.59. The fraction of sp³-hybridized carbons (Fsp3) is 0.200. The van der Waals surface area contributed by atoms with Gasteiger partial charge in [0.05, 0.1) is 14.2 Å². The molecule has 90 valence electrons. The van der Waals surface area contributed by atoms with Gasteiger partial charge in [-0.05, 0) is 6.42 Å². The summed E-state index contributed by atoms with van der Waals surface area (Å²) in [5, 5.41) is 0. The maximum Gasteiger partial charge on any atom is 0.0745 e. The standard InChI is InChI=1S/C15H13O2.Ti/c1-16-14-8-11-7-10-5-3-4-6-12(10)13(11)9-15(14)17-2;/h3-6,9H,7H2,1-2H3;/q-1;. The largest absolute Gasteiger partial charge is 0.551 e. The zero-order valence-corrected chi connectivity index (χ0v) is 12.0. The van der Waals surface area contributed by atoms with Crippen LogP contribution in [0.2, 0.25) is 0 Å². The minimum absolute atomic E-state index is 0. The first-order chi connectivity index (χ1) is 8.33. The topological polar surface area (TPSA) is 18.5 Å². The molecule has 0 N–H and O–H groups in total. The van der Waals surface area contributed by atoms with E-state index in [0.29, 0.717) is 5.75 Å². The molecule has 0 saturated heterocycles. The van der Waals surface area contributed by atoms with Gasteiger partial charge in [-0.15, -0.1) is 23.3 Å². The first-order valence-corrected chi connectivity index (χ1v) is 5.59. The summed E-state index contributed by atoms with van der Waals surface area (Å²) in [6.45, 7) is 0. The number of benzene rings is 2. The molecule has 18 heavy (non-hydrogen) atoms. The Hall–Kier alpha value is -1.25. The molecule has 2 aromatic rings. The van der Waals surface area contributed by atoms with Crippen LogP contribution in [0.4, 0.5) is 0 Å². The van der Waals surface area contributed by atoms with Gasteiger partial charge in [0.1, 0.15) is 0 Å². The minimum Gasteiger partial charge on any atom is -0.551 e. The van der Waals surface area contributed by atoms with E-state index in [1.165, 1.54) is 22.3 Å². The van der Waals surface area contributed by atoms with Gasteiger partial charge in [-0.25, -0.2) is 0 Å². The van der Waals surface area contributed by atoms with Crippen molar-refractivity contribution >= 4 is 0 Å². The second-order valence-corrected chi connectivity index (χ2v) is 4.10. The van der Waals surface area contributed by atoms with Crippen LogP contribution in [-0.2, 0) is 28.1 Å². The van der Waals surface area contributed by atoms with Crippen molar-refractivity contribution in [3.05, 3.63) is 47.5 Å². The van der Waals surface area contributed by atoms with E-state index in [4.69, 9.17) is 9.47 Å². The smallest absolute Gasteiger partial charge is 0.0745 e. The van der Waals surface area contributed by atoms with Gasteiger partial charge < -0.3 is 9.47 Å². The zero-order chi connectivity index (χ0) is 11.8. The summed E-state index contributed by atoms with van der Waals surface area (Å²) in [7, 11) is 3.29. The molecule has 2 aromatic carbocycles. The molecule has 0 radical (unpaired) electrons. The molecule has 0 aromatic heterocycles. The second kappa shape index (κ2) is 5.17. The van der Waals surface area contributed by atoms with Crippen molar-refractivity contribution < 1.29 is 31.2 Å². The van der Waals surface area contributed by atoms with E-state index in [1.807, 2.05) is 6.07 Å². The quantitative estimate of drug-likeness (QED) is 0.527. The van der Waals surface area contributed by atoms with Gasteiger partial charge in [0.25, 0.3) is 0 Å². The van der Waals surface area contributed by atoms with Crippen molar-refractivity contribution in [2.45, 2.75) is 6.42 Å². The molecule has 0 bridgehead atoms. The molecule has 0 unspecified atom stereocenters. The summed E-state index contributed by atoms with van der Waals surface area (Å²) in [5.41, 5.74) is 5.01. The van der Waals surface area contributed by atoms with E-state index >= 15 is 0 Å². The van der Waals surface area contributed by atoms with Crippen molar-refractivity contribution in [3.8, 4) is 22.6 Å². The summed E-state index contributed by atoms with van der Waals surface area (Å²) < 4.78 is 10.6. The van der Waals surface area contributed by atoms with E-state index in [0.717, 1.165) is 12.2 Å². The fourth-order valence-electron chi connectivity index (χ4n) is 2.36. The number of hydrogen-bond donors (Lipinski definition) is 0. The number of methoxy groups -OCH3 is 2. The Morgan fingerprint density at radius 3 is 2.56 bits per heavy atom. The molecule has 0 fully saturated rings. The van der Waals surface area contributed by atoms with Gasteiger partial charge in [0, 0.05) is 33.2 Å². The number of ether oxygens (including phenoxy) is 2. The van der Waals surface area contributed by atoms with E-state index in [9.17, 15) is 0 Å². The van der Waals surface area contributed by atoms with Crippen LogP contribution in [0.3, 0.4) is 0 Å². The maximum absolute atomic E-state index is 5.32. The summed E-state index contributed by atoms with van der Waals surface area (Å²) in [6.07, 6.45) is 0.922. The van der Waals surface area contributed by atoms with Crippen LogP contribution in [0.15, 0.2) is 30.3 Å². The molecular formula is C15H13O2Ti-. The molecule has 0 amide bonds. The van der Waals surface area contributed by atoms with Crippen molar-refractivity contribution in [1.82, 2.24) is 0 Å². The minimum atomic E-state index is 0. The molecule has 3 heteroatoms. The van der Waals surface area contributed by atoms with Gasteiger partial charge in [-0.3, -0.25) is 0 Å². The third-order valence-corrected chi connectivity index (χ3v) is 3.19. The van der Waals surface area contributed by atoms with Crippen molar-refractivity contribution in [1.29, 1.82) is 0 Å². The molecule has 1 aliphatic carbocycles. The summed E-state index contributed by atoms with van der Waals surface area (Å²) in [6, 6.07) is 13.8. The van der Waals surface area contributed by atoms with Crippen LogP contribution in [0.25, 0.3) is 11.1 Å². The Labute approximate surface area is 122 Å². The number of hydrogen-bond acceptors (Lipinski definition) is 2. The van der Waals surface area contributed by atoms with Crippen molar-refractivity contribution in [3.63, 3.8) is 0 Å². The monoisotopic (exact) mass is 273 g/mol. The van der Waals surface area contributed by atoms with Gasteiger partial charge in [0.2, 0.25) is 0 Å². The van der Waals surface area contributed by atoms with Crippen LogP contribution in [0.1, 0.15) is 11.1 Å². The molecular weight excluding hydrogens is 260 g/mol. The molecule has 0 aliphatic heterocycles. The Bertz CT molecular complexity index is 579. The number of rotatable bonds is 2. The normalized spacial score (nSPS) is 11.2. The fourth-order valence-corrected chi connectivity index (χ4v) is 2.36. The van der Waals surface area contributed by atoms with Crippen LogP contribution in [0, 0.1) is 6.07 Å². The molecule has 1 aliphatic rings. The van der Waals surface area contributed by atoms with Gasteiger partial charge in [-0.1, -0.05) is 35.4 Å². The van der Waals surface area contributed by atoms with Gasteiger partial charge >= 0.3 is 0 Å². The predicted molar refractivity (Wildman–Crippen MR) is 66.6 cm³/mol. The van der Waals surface area contributed by atoms with E-state index in [-0.39, 0.29) is 21.7 Å². The second-order valence-electron chi connectivity index (χ2n) is 4.10. The van der Waals surface area contributed by atoms with Gasteiger partial charge in [-0.2, -0.15) is 0 Å². The van der Waals surface area contributed by atoms with Crippen LogP contribution in [0.5, 0.6) is 11.5 Å². The predicted octanol–water partition coefficient (Wildman–Crippen LogP) is 3.07. The summed E-state index contributed by atoms with van der Waals surface area (Å²) in [4.78, 5) is 0. The third kappa shape index (κ3) is 1.96. The average Bonchev–Trinajstić information content (AvgIpc) is 2.74. The maximum atomic E-state index is 5.32. The molecule has 0 heterocycles. The average molecular weight is 273 g/mol. The van der Waals surface area contributed by atoms with Crippen LogP contribution < -0.4 is 9.47 Å². The molecule has 2 nitrogen and oxygen atoms in total. The Kier molecular flexibility index (Phi) is 3.79. The zero-order valence-electron chi connectivity index (χ0n) is 10.4. The summed E-state index contributed by atoms with van der Waals surface area (Å²) in [5.74, 6) is 1.42. The first kappa shape index (κ1) is 13.2. The van der Waals surface area contributed by atoms with Gasteiger partial charge in [0.15, 0.2) is 0 Å². The van der Waals surface area contributed by atoms with Crippen LogP contribution >= 0.6 is 0 Å². The van der Waals surface area contributed by atoms with Crippen molar-refractivity contribution in [2.75, 3.05) is 14.2 Å². The molecule has 3 rings (SSSR count). The summed E-state index contributed by atoms with van der Waals surface area (Å²) >= 11 is 0. The van der Waals surface area contributed by atoms with Crippen LogP contribution in [-0.4, -0.2) is 14.2 Å². The van der Waals surface area contributed by atoms with Crippen molar-refractivity contribution in [2.24, 2.45) is 0 Å². The Morgan fingerprint density at radius 1 is 1.06 bits per heavy atom. The van der Waals surface area contributed by atoms with E-state index < -0.39 is 0 Å². The van der Waals surface area contributed by atoms with E-state index in [2.05, 4.69) is 30.3 Å². The Morgan fingerprint density at radius 2 is 1.83 bits per heavy atom. The number of fused-ring (bicyclic) bond motifs is 3. The molecule has 0 spiro atoms. The molecule has 0 atom stereocenters. The SMILES string of the molecule is COc1[c-]c2c(cc1OC)-c1ccccc1C2.[Ti]. The molecule has 0 saturated carbocycles.